The minimum Gasteiger partial charge on any atom is -0.340 e. The lowest BCUT2D eigenvalue weighted by atomic mass is 10.1. The molecule has 2 N–H and O–H groups in total. The van der Waals surface area contributed by atoms with Gasteiger partial charge in [-0.05, 0) is 61.4 Å². The van der Waals surface area contributed by atoms with Crippen LogP contribution in [0, 0.1) is 11.8 Å². The number of carbonyl (C=O) groups is 3. The Morgan fingerprint density at radius 2 is 1.64 bits per heavy atom. The number of nitrogens with zero attached hydrogens (tertiary/aromatic N) is 4. The molecule has 6 rings (SSSR count). The fraction of sp³-hybridized carbons (Fsp3) is 0.417. The number of H-pyrrole nitrogens is 1. The maximum atomic E-state index is 13.1. The number of aromatic nitrogens is 3. The van der Waals surface area contributed by atoms with Crippen molar-refractivity contribution in [2.45, 2.75) is 71.9 Å². The number of fused-ring (bicyclic) bond motifs is 1. The zero-order chi connectivity index (χ0) is 31.7. The van der Waals surface area contributed by atoms with Gasteiger partial charge in [-0.25, -0.2) is 9.97 Å². The lowest BCUT2D eigenvalue weighted by Gasteiger charge is -2.25. The highest BCUT2D eigenvalue weighted by Crippen LogP contribution is 2.33. The van der Waals surface area contributed by atoms with Gasteiger partial charge in [-0.2, -0.15) is 0 Å². The summed E-state index contributed by atoms with van der Waals surface area (Å²) in [6, 6.07) is 17.5. The predicted octanol–water partition coefficient (Wildman–Crippen LogP) is 6.59. The average Bonchev–Trinajstić information content (AvgIpc) is 3.81. The predicted molar refractivity (Wildman–Crippen MR) is 176 cm³/mol. The molecule has 3 amide bonds. The lowest BCUT2D eigenvalue weighted by molar-refractivity contribution is -0.137. The third-order valence-electron chi connectivity index (χ3n) is 8.85. The molecule has 2 aliphatic rings. The molecule has 2 aliphatic heterocycles. The summed E-state index contributed by atoms with van der Waals surface area (Å²) in [4.78, 5) is 55.1. The standard InChI is InChI=1S/C36H42N6O3/c1-22(2)19-33(43)41-17-6-8-32(41)35(44)38-27-14-16-29-26(20-27)13-15-28(39-29)24-9-11-25(12-10-24)30-21-37-34(40-30)31-7-5-18-42(31)36(45)23(3)4/h9-16,20-23,31-32H,5-8,17-19H2,1-4H3,(H,37,40)(H,38,44)/t31?,32-/m0/s1. The van der Waals surface area contributed by atoms with Crippen molar-refractivity contribution >= 4 is 34.3 Å². The average molecular weight is 607 g/mol. The van der Waals surface area contributed by atoms with Crippen molar-refractivity contribution < 1.29 is 14.4 Å². The molecule has 2 aromatic heterocycles. The van der Waals surface area contributed by atoms with Crippen LogP contribution in [0.3, 0.4) is 0 Å². The van der Waals surface area contributed by atoms with Crippen LogP contribution in [0.25, 0.3) is 33.4 Å². The summed E-state index contributed by atoms with van der Waals surface area (Å²) in [5, 5.41) is 3.95. The van der Waals surface area contributed by atoms with Crippen molar-refractivity contribution in [3.63, 3.8) is 0 Å². The van der Waals surface area contributed by atoms with Gasteiger partial charge in [0.15, 0.2) is 0 Å². The second kappa shape index (κ2) is 12.8. The highest BCUT2D eigenvalue weighted by molar-refractivity contribution is 5.99. The number of hydrogen-bond donors (Lipinski definition) is 2. The fourth-order valence-corrected chi connectivity index (χ4v) is 6.51. The first-order valence-electron chi connectivity index (χ1n) is 16.1. The molecule has 0 radical (unpaired) electrons. The first-order valence-corrected chi connectivity index (χ1v) is 16.1. The number of nitrogens with one attached hydrogen (secondary N) is 2. The smallest absolute Gasteiger partial charge is 0.247 e. The molecule has 4 aromatic rings. The maximum Gasteiger partial charge on any atom is 0.247 e. The van der Waals surface area contributed by atoms with Crippen molar-refractivity contribution in [2.75, 3.05) is 18.4 Å². The summed E-state index contributed by atoms with van der Waals surface area (Å²) in [5.74, 6) is 1.16. The number of pyridine rings is 1. The van der Waals surface area contributed by atoms with Crippen molar-refractivity contribution in [2.24, 2.45) is 11.8 Å². The van der Waals surface area contributed by atoms with E-state index in [0.29, 0.717) is 25.1 Å². The normalized spacial score (nSPS) is 18.4. The summed E-state index contributed by atoms with van der Waals surface area (Å²) in [7, 11) is 0. The molecule has 9 heteroatoms. The minimum atomic E-state index is -0.421. The van der Waals surface area contributed by atoms with Crippen LogP contribution in [-0.4, -0.2) is 61.6 Å². The number of rotatable bonds is 8. The molecule has 0 aliphatic carbocycles. The summed E-state index contributed by atoms with van der Waals surface area (Å²) in [6.45, 7) is 9.34. The van der Waals surface area contributed by atoms with Gasteiger partial charge in [0.2, 0.25) is 17.7 Å². The highest BCUT2D eigenvalue weighted by atomic mass is 16.2. The van der Waals surface area contributed by atoms with Gasteiger partial charge in [0.25, 0.3) is 0 Å². The molecule has 9 nitrogen and oxygen atoms in total. The molecule has 0 spiro atoms. The Balaban J connectivity index is 1.13. The third-order valence-corrected chi connectivity index (χ3v) is 8.85. The van der Waals surface area contributed by atoms with Crippen LogP contribution >= 0.6 is 0 Å². The number of carbonyl (C=O) groups excluding carboxylic acids is 3. The van der Waals surface area contributed by atoms with Gasteiger partial charge in [0, 0.05) is 42.1 Å². The molecular weight excluding hydrogens is 564 g/mol. The van der Waals surface area contributed by atoms with E-state index in [1.54, 1.807) is 4.90 Å². The van der Waals surface area contributed by atoms with Crippen LogP contribution in [-0.2, 0) is 14.4 Å². The van der Waals surface area contributed by atoms with E-state index in [1.165, 1.54) is 0 Å². The molecule has 1 unspecified atom stereocenters. The van der Waals surface area contributed by atoms with Crippen LogP contribution < -0.4 is 5.32 Å². The third kappa shape index (κ3) is 6.48. The van der Waals surface area contributed by atoms with E-state index in [9.17, 15) is 14.4 Å². The first-order chi connectivity index (χ1) is 21.7. The number of likely N-dealkylation sites (tertiary alicyclic amines) is 2. The Kier molecular flexibility index (Phi) is 8.70. The molecular formula is C36H42N6O3. The Labute approximate surface area is 264 Å². The largest absolute Gasteiger partial charge is 0.340 e. The molecule has 0 saturated carbocycles. The van der Waals surface area contributed by atoms with E-state index in [0.717, 1.165) is 65.0 Å². The molecule has 0 bridgehead atoms. The maximum absolute atomic E-state index is 13.1. The molecule has 2 aromatic carbocycles. The van der Waals surface area contributed by atoms with Gasteiger partial charge in [-0.3, -0.25) is 14.4 Å². The quantitative estimate of drug-likeness (QED) is 0.235. The molecule has 45 heavy (non-hydrogen) atoms. The van der Waals surface area contributed by atoms with Gasteiger partial charge >= 0.3 is 0 Å². The van der Waals surface area contributed by atoms with E-state index >= 15 is 0 Å². The lowest BCUT2D eigenvalue weighted by Crippen LogP contribution is -2.43. The Bertz CT molecular complexity index is 1710. The summed E-state index contributed by atoms with van der Waals surface area (Å²) in [6.07, 6.45) is 5.75. The summed E-state index contributed by atoms with van der Waals surface area (Å²) < 4.78 is 0. The number of amides is 3. The van der Waals surface area contributed by atoms with Gasteiger partial charge in [0.05, 0.1) is 29.1 Å². The van der Waals surface area contributed by atoms with E-state index < -0.39 is 6.04 Å². The number of imidazole rings is 1. The van der Waals surface area contributed by atoms with E-state index in [2.05, 4.69) is 39.6 Å². The first kappa shape index (κ1) is 30.5. The van der Waals surface area contributed by atoms with E-state index in [4.69, 9.17) is 4.98 Å². The number of hydrogen-bond acceptors (Lipinski definition) is 5. The summed E-state index contributed by atoms with van der Waals surface area (Å²) >= 11 is 0. The van der Waals surface area contributed by atoms with Crippen molar-refractivity contribution in [3.8, 4) is 22.5 Å². The molecule has 4 heterocycles. The van der Waals surface area contributed by atoms with Crippen LogP contribution in [0.1, 0.15) is 71.7 Å². The fourth-order valence-electron chi connectivity index (χ4n) is 6.51. The molecule has 2 saturated heterocycles. The molecule has 2 atom stereocenters. The highest BCUT2D eigenvalue weighted by Gasteiger charge is 2.34. The van der Waals surface area contributed by atoms with E-state index in [-0.39, 0.29) is 35.6 Å². The summed E-state index contributed by atoms with van der Waals surface area (Å²) in [5.41, 5.74) is 5.32. The number of anilines is 1. The van der Waals surface area contributed by atoms with Crippen LogP contribution in [0.15, 0.2) is 60.8 Å². The van der Waals surface area contributed by atoms with Crippen LogP contribution in [0.2, 0.25) is 0 Å². The minimum absolute atomic E-state index is 0.000112. The van der Waals surface area contributed by atoms with Gasteiger partial charge in [0.1, 0.15) is 11.9 Å². The van der Waals surface area contributed by atoms with Crippen molar-refractivity contribution in [3.05, 3.63) is 66.6 Å². The number of aromatic amines is 1. The van der Waals surface area contributed by atoms with Crippen molar-refractivity contribution in [1.29, 1.82) is 0 Å². The topological polar surface area (TPSA) is 111 Å². The zero-order valence-corrected chi connectivity index (χ0v) is 26.5. The van der Waals surface area contributed by atoms with Crippen LogP contribution in [0.5, 0.6) is 0 Å². The molecule has 2 fully saturated rings. The monoisotopic (exact) mass is 606 g/mol. The van der Waals surface area contributed by atoms with Gasteiger partial charge in [-0.15, -0.1) is 0 Å². The number of benzene rings is 2. The second-order valence-corrected chi connectivity index (χ2v) is 13.0. The Hall–Kier alpha value is -4.53. The van der Waals surface area contributed by atoms with Gasteiger partial charge < -0.3 is 20.1 Å². The zero-order valence-electron chi connectivity index (χ0n) is 26.5. The van der Waals surface area contributed by atoms with Crippen molar-refractivity contribution in [1.82, 2.24) is 24.8 Å². The van der Waals surface area contributed by atoms with E-state index in [1.807, 2.05) is 69.1 Å². The Morgan fingerprint density at radius 3 is 2.40 bits per heavy atom. The van der Waals surface area contributed by atoms with Gasteiger partial charge in [-0.1, -0.05) is 58.0 Å². The van der Waals surface area contributed by atoms with Crippen LogP contribution in [0.4, 0.5) is 5.69 Å². The molecule has 234 valence electrons. The SMILES string of the molecule is CC(C)CC(=O)N1CCC[C@H]1C(=O)Nc1ccc2nc(-c3ccc(-c4cnc(C5CCCN5C(=O)C(C)C)[nH]4)cc3)ccc2c1. The second-order valence-electron chi connectivity index (χ2n) is 13.0. The Morgan fingerprint density at radius 1 is 0.911 bits per heavy atom.